The predicted octanol–water partition coefficient (Wildman–Crippen LogP) is 3.53. The van der Waals surface area contributed by atoms with Crippen LogP contribution in [0.15, 0.2) is 30.5 Å². The third kappa shape index (κ3) is 4.22. The summed E-state index contributed by atoms with van der Waals surface area (Å²) in [4.78, 5) is 2.34. The number of halogens is 1. The van der Waals surface area contributed by atoms with Crippen molar-refractivity contribution in [3.8, 4) is 0 Å². The van der Waals surface area contributed by atoms with Crippen LogP contribution in [-0.4, -0.2) is 33.9 Å². The van der Waals surface area contributed by atoms with Gasteiger partial charge in [-0.25, -0.2) is 4.39 Å². The monoisotopic (exact) mass is 331 g/mol. The third-order valence-corrected chi connectivity index (χ3v) is 4.68. The van der Waals surface area contributed by atoms with Gasteiger partial charge in [0.05, 0.1) is 12.3 Å². The van der Waals surface area contributed by atoms with Gasteiger partial charge in [-0.1, -0.05) is 12.1 Å². The molecule has 0 unspecified atom stereocenters. The number of hydrogen-bond donors (Lipinski definition) is 0. The maximum atomic E-state index is 13.5. The maximum absolute atomic E-state index is 13.5. The first-order chi connectivity index (χ1) is 11.7. The van der Waals surface area contributed by atoms with E-state index in [1.54, 1.807) is 12.1 Å². The molecule has 0 saturated carbocycles. The second-order valence-corrected chi connectivity index (χ2v) is 6.51. The lowest BCUT2D eigenvalue weighted by Gasteiger charge is -2.25. The molecule has 2 heterocycles. The van der Waals surface area contributed by atoms with Gasteiger partial charge in [0.25, 0.3) is 0 Å². The molecule has 0 aliphatic carbocycles. The van der Waals surface area contributed by atoms with Gasteiger partial charge < -0.3 is 4.74 Å². The Balaban J connectivity index is 1.74. The Hall–Kier alpha value is -1.72. The van der Waals surface area contributed by atoms with Crippen LogP contribution in [0.3, 0.4) is 0 Å². The highest BCUT2D eigenvalue weighted by Gasteiger charge is 2.21. The van der Waals surface area contributed by atoms with Gasteiger partial charge in [-0.2, -0.15) is 5.10 Å². The van der Waals surface area contributed by atoms with Crippen LogP contribution < -0.4 is 0 Å². The zero-order valence-electron chi connectivity index (χ0n) is 14.5. The van der Waals surface area contributed by atoms with Gasteiger partial charge in [0, 0.05) is 44.0 Å². The summed E-state index contributed by atoms with van der Waals surface area (Å²) in [5, 5.41) is 4.44. The second kappa shape index (κ2) is 7.90. The molecule has 0 N–H and O–H groups in total. The van der Waals surface area contributed by atoms with E-state index in [-0.39, 0.29) is 11.9 Å². The quantitative estimate of drug-likeness (QED) is 0.777. The van der Waals surface area contributed by atoms with E-state index in [0.717, 1.165) is 44.6 Å². The number of aryl methyl sites for hydroxylation is 1. The highest BCUT2D eigenvalue weighted by atomic mass is 19.1. The first kappa shape index (κ1) is 17.1. The van der Waals surface area contributed by atoms with Crippen molar-refractivity contribution in [3.63, 3.8) is 0 Å². The zero-order chi connectivity index (χ0) is 16.9. The minimum absolute atomic E-state index is 0.181. The van der Waals surface area contributed by atoms with Crippen molar-refractivity contribution in [1.82, 2.24) is 14.7 Å². The molecule has 1 fully saturated rings. The SMILES string of the molecule is CCn1ncc(CN(Cc2cccc(F)c2)C[C@H]2CCCO2)c1C. The summed E-state index contributed by atoms with van der Waals surface area (Å²) < 4.78 is 21.3. The number of nitrogens with zero attached hydrogens (tertiary/aromatic N) is 3. The van der Waals surface area contributed by atoms with E-state index in [1.807, 2.05) is 16.9 Å². The van der Waals surface area contributed by atoms with Crippen LogP contribution in [-0.2, 0) is 24.4 Å². The second-order valence-electron chi connectivity index (χ2n) is 6.51. The van der Waals surface area contributed by atoms with Crippen LogP contribution in [0.5, 0.6) is 0 Å². The molecule has 3 rings (SSSR count). The van der Waals surface area contributed by atoms with Crippen molar-refractivity contribution in [1.29, 1.82) is 0 Å². The van der Waals surface area contributed by atoms with Crippen LogP contribution in [0, 0.1) is 12.7 Å². The van der Waals surface area contributed by atoms with Crippen molar-refractivity contribution >= 4 is 0 Å². The third-order valence-electron chi connectivity index (χ3n) is 4.68. The van der Waals surface area contributed by atoms with Gasteiger partial charge in [-0.05, 0) is 44.4 Å². The van der Waals surface area contributed by atoms with Crippen LogP contribution in [0.1, 0.15) is 36.6 Å². The fourth-order valence-corrected chi connectivity index (χ4v) is 3.35. The molecular weight excluding hydrogens is 305 g/mol. The number of aromatic nitrogens is 2. The Bertz CT molecular complexity index is 664. The van der Waals surface area contributed by atoms with Gasteiger partial charge >= 0.3 is 0 Å². The molecule has 24 heavy (non-hydrogen) atoms. The summed E-state index contributed by atoms with van der Waals surface area (Å²) >= 11 is 0. The molecule has 130 valence electrons. The van der Waals surface area contributed by atoms with E-state index >= 15 is 0 Å². The highest BCUT2D eigenvalue weighted by molar-refractivity contribution is 5.18. The van der Waals surface area contributed by atoms with Crippen molar-refractivity contribution in [2.45, 2.75) is 52.4 Å². The Morgan fingerprint density at radius 1 is 1.38 bits per heavy atom. The number of ether oxygens (including phenoxy) is 1. The van der Waals surface area contributed by atoms with Crippen LogP contribution >= 0.6 is 0 Å². The first-order valence-electron chi connectivity index (χ1n) is 8.75. The zero-order valence-corrected chi connectivity index (χ0v) is 14.5. The minimum Gasteiger partial charge on any atom is -0.377 e. The lowest BCUT2D eigenvalue weighted by atomic mass is 10.1. The molecular formula is C19H26FN3O. The largest absolute Gasteiger partial charge is 0.377 e. The number of benzene rings is 1. The van der Waals surface area contributed by atoms with Gasteiger partial charge in [0.2, 0.25) is 0 Å². The predicted molar refractivity (Wildman–Crippen MR) is 92.1 cm³/mol. The topological polar surface area (TPSA) is 30.3 Å². The van der Waals surface area contributed by atoms with E-state index in [1.165, 1.54) is 17.3 Å². The lowest BCUT2D eigenvalue weighted by molar-refractivity contribution is 0.0678. The van der Waals surface area contributed by atoms with Crippen molar-refractivity contribution < 1.29 is 9.13 Å². The van der Waals surface area contributed by atoms with Crippen molar-refractivity contribution in [3.05, 3.63) is 53.1 Å². The summed E-state index contributed by atoms with van der Waals surface area (Å²) in [6.07, 6.45) is 4.46. The lowest BCUT2D eigenvalue weighted by Crippen LogP contribution is -2.31. The van der Waals surface area contributed by atoms with Crippen LogP contribution in [0.25, 0.3) is 0 Å². The molecule has 5 heteroatoms. The van der Waals surface area contributed by atoms with E-state index < -0.39 is 0 Å². The summed E-state index contributed by atoms with van der Waals surface area (Å²) in [5.74, 6) is -0.181. The smallest absolute Gasteiger partial charge is 0.123 e. The summed E-state index contributed by atoms with van der Waals surface area (Å²) in [5.41, 5.74) is 3.42. The minimum atomic E-state index is -0.181. The van der Waals surface area contributed by atoms with Gasteiger partial charge in [0.15, 0.2) is 0 Å². The van der Waals surface area contributed by atoms with Gasteiger partial charge in [-0.3, -0.25) is 9.58 Å². The number of hydrogen-bond acceptors (Lipinski definition) is 3. The van der Waals surface area contributed by atoms with Crippen molar-refractivity contribution in [2.24, 2.45) is 0 Å². The molecule has 1 aromatic heterocycles. The molecule has 1 saturated heterocycles. The molecule has 0 amide bonds. The van der Waals surface area contributed by atoms with Gasteiger partial charge in [-0.15, -0.1) is 0 Å². The average Bonchev–Trinajstić information content (AvgIpc) is 3.18. The summed E-state index contributed by atoms with van der Waals surface area (Å²) in [7, 11) is 0. The van der Waals surface area contributed by atoms with Crippen LogP contribution in [0.4, 0.5) is 4.39 Å². The molecule has 1 aromatic carbocycles. The summed E-state index contributed by atoms with van der Waals surface area (Å²) in [6, 6.07) is 6.86. The molecule has 2 aromatic rings. The maximum Gasteiger partial charge on any atom is 0.123 e. The van der Waals surface area contributed by atoms with E-state index in [9.17, 15) is 4.39 Å². The van der Waals surface area contributed by atoms with E-state index in [4.69, 9.17) is 4.74 Å². The summed E-state index contributed by atoms with van der Waals surface area (Å²) in [6.45, 7) is 8.33. The Kier molecular flexibility index (Phi) is 5.63. The van der Waals surface area contributed by atoms with E-state index in [2.05, 4.69) is 23.8 Å². The van der Waals surface area contributed by atoms with Crippen LogP contribution in [0.2, 0.25) is 0 Å². The molecule has 1 aliphatic rings. The highest BCUT2D eigenvalue weighted by Crippen LogP contribution is 2.19. The van der Waals surface area contributed by atoms with Crippen molar-refractivity contribution in [2.75, 3.05) is 13.2 Å². The molecule has 1 aliphatic heterocycles. The Morgan fingerprint density at radius 2 is 2.25 bits per heavy atom. The Labute approximate surface area is 143 Å². The molecule has 0 bridgehead atoms. The van der Waals surface area contributed by atoms with Gasteiger partial charge in [0.1, 0.15) is 5.82 Å². The molecule has 0 radical (unpaired) electrons. The fraction of sp³-hybridized carbons (Fsp3) is 0.526. The molecule has 0 spiro atoms. The molecule has 1 atom stereocenters. The number of rotatable bonds is 7. The normalized spacial score (nSPS) is 17.8. The Morgan fingerprint density at radius 3 is 2.92 bits per heavy atom. The van der Waals surface area contributed by atoms with E-state index in [0.29, 0.717) is 6.54 Å². The first-order valence-corrected chi connectivity index (χ1v) is 8.75. The fourth-order valence-electron chi connectivity index (χ4n) is 3.35. The molecule has 4 nitrogen and oxygen atoms in total. The average molecular weight is 331 g/mol. The standard InChI is InChI=1S/C19H26FN3O/c1-3-23-15(2)17(11-21-23)13-22(14-19-8-5-9-24-19)12-16-6-4-7-18(20)10-16/h4,6-7,10-11,19H,3,5,8-9,12-14H2,1-2H3/t19-/m1/s1.